The SMILES string of the molecule is O=S(=O)(Cc1ccc(F)cc1)N1CC(c2nc(-c3cnccn3)no2)C1. The molecule has 0 N–H and O–H groups in total. The lowest BCUT2D eigenvalue weighted by Gasteiger charge is -2.35. The van der Waals surface area contributed by atoms with Crippen molar-refractivity contribution in [2.45, 2.75) is 11.7 Å². The van der Waals surface area contributed by atoms with Gasteiger partial charge in [-0.05, 0) is 17.7 Å². The highest BCUT2D eigenvalue weighted by Crippen LogP contribution is 2.30. The van der Waals surface area contributed by atoms with Gasteiger partial charge < -0.3 is 4.52 Å². The monoisotopic (exact) mass is 375 g/mol. The molecule has 134 valence electrons. The van der Waals surface area contributed by atoms with E-state index in [1.54, 1.807) is 6.20 Å². The van der Waals surface area contributed by atoms with Crippen LogP contribution in [0.3, 0.4) is 0 Å². The summed E-state index contributed by atoms with van der Waals surface area (Å²) in [6.07, 6.45) is 4.59. The minimum Gasteiger partial charge on any atom is -0.339 e. The van der Waals surface area contributed by atoms with Crippen LogP contribution in [0.2, 0.25) is 0 Å². The van der Waals surface area contributed by atoms with Crippen molar-refractivity contribution in [3.8, 4) is 11.5 Å². The van der Waals surface area contributed by atoms with Crippen LogP contribution in [-0.4, -0.2) is 45.9 Å². The summed E-state index contributed by atoms with van der Waals surface area (Å²) in [4.78, 5) is 12.3. The van der Waals surface area contributed by atoms with Gasteiger partial charge in [-0.3, -0.25) is 4.98 Å². The normalized spacial score (nSPS) is 15.7. The van der Waals surface area contributed by atoms with Crippen LogP contribution in [-0.2, 0) is 15.8 Å². The molecule has 0 amide bonds. The Morgan fingerprint density at radius 3 is 2.65 bits per heavy atom. The Kier molecular flexibility index (Phi) is 4.21. The van der Waals surface area contributed by atoms with E-state index in [9.17, 15) is 12.8 Å². The van der Waals surface area contributed by atoms with Gasteiger partial charge in [0, 0.05) is 25.5 Å². The fourth-order valence-electron chi connectivity index (χ4n) is 2.62. The Balaban J connectivity index is 1.40. The minimum atomic E-state index is -3.48. The van der Waals surface area contributed by atoms with E-state index in [0.717, 1.165) is 0 Å². The zero-order valence-electron chi connectivity index (χ0n) is 13.5. The molecule has 0 atom stereocenters. The number of sulfonamides is 1. The number of halogens is 1. The molecular weight excluding hydrogens is 361 g/mol. The Morgan fingerprint density at radius 1 is 1.19 bits per heavy atom. The molecule has 4 rings (SSSR count). The van der Waals surface area contributed by atoms with Gasteiger partial charge >= 0.3 is 0 Å². The maximum absolute atomic E-state index is 12.9. The summed E-state index contributed by atoms with van der Waals surface area (Å²) >= 11 is 0. The van der Waals surface area contributed by atoms with E-state index >= 15 is 0 Å². The largest absolute Gasteiger partial charge is 0.339 e. The second-order valence-electron chi connectivity index (χ2n) is 5.94. The molecule has 1 aliphatic rings. The number of benzene rings is 1. The van der Waals surface area contributed by atoms with Gasteiger partial charge in [-0.15, -0.1) is 0 Å². The summed E-state index contributed by atoms with van der Waals surface area (Å²) in [6.45, 7) is 0.539. The lowest BCUT2D eigenvalue weighted by atomic mass is 10.0. The van der Waals surface area contributed by atoms with Crippen molar-refractivity contribution in [1.82, 2.24) is 24.4 Å². The average Bonchev–Trinajstić information content (AvgIpc) is 3.05. The maximum atomic E-state index is 12.9. The smallest absolute Gasteiger partial charge is 0.232 e. The molecule has 0 saturated carbocycles. The molecule has 26 heavy (non-hydrogen) atoms. The Labute approximate surface area is 148 Å². The minimum absolute atomic E-state index is 0.157. The number of rotatable bonds is 5. The molecular formula is C16H14FN5O3S. The first-order chi connectivity index (χ1) is 12.5. The van der Waals surface area contributed by atoms with E-state index in [1.165, 1.54) is 41.0 Å². The van der Waals surface area contributed by atoms with Crippen molar-refractivity contribution < 1.29 is 17.3 Å². The van der Waals surface area contributed by atoms with Gasteiger partial charge in [0.1, 0.15) is 11.5 Å². The molecule has 0 unspecified atom stereocenters. The van der Waals surface area contributed by atoms with Gasteiger partial charge in [-0.2, -0.15) is 9.29 Å². The summed E-state index contributed by atoms with van der Waals surface area (Å²) in [5.41, 5.74) is 1.03. The first-order valence-corrected chi connectivity index (χ1v) is 9.44. The van der Waals surface area contributed by atoms with Gasteiger partial charge in [0.05, 0.1) is 17.9 Å². The lowest BCUT2D eigenvalue weighted by molar-refractivity contribution is 0.216. The van der Waals surface area contributed by atoms with Crippen LogP contribution in [0.4, 0.5) is 4.39 Å². The van der Waals surface area contributed by atoms with Crippen molar-refractivity contribution in [2.24, 2.45) is 0 Å². The first-order valence-electron chi connectivity index (χ1n) is 7.83. The Bertz CT molecular complexity index is 1000. The molecule has 10 heteroatoms. The van der Waals surface area contributed by atoms with Crippen molar-refractivity contribution in [3.63, 3.8) is 0 Å². The van der Waals surface area contributed by atoms with Crippen LogP contribution in [0.15, 0.2) is 47.4 Å². The number of hydrogen-bond donors (Lipinski definition) is 0. The summed E-state index contributed by atoms with van der Waals surface area (Å²) in [5.74, 6) is -0.0321. The van der Waals surface area contributed by atoms with E-state index in [1.807, 2.05) is 0 Å². The average molecular weight is 375 g/mol. The van der Waals surface area contributed by atoms with Gasteiger partial charge in [-0.25, -0.2) is 17.8 Å². The first kappa shape index (κ1) is 16.7. The van der Waals surface area contributed by atoms with Crippen LogP contribution < -0.4 is 0 Å². The van der Waals surface area contributed by atoms with Crippen molar-refractivity contribution >= 4 is 10.0 Å². The summed E-state index contributed by atoms with van der Waals surface area (Å²) in [5, 5.41) is 3.86. The highest BCUT2D eigenvalue weighted by atomic mass is 32.2. The molecule has 8 nitrogen and oxygen atoms in total. The number of aromatic nitrogens is 4. The zero-order chi connectivity index (χ0) is 18.1. The van der Waals surface area contributed by atoms with Crippen molar-refractivity contribution in [1.29, 1.82) is 0 Å². The molecule has 1 fully saturated rings. The third kappa shape index (κ3) is 3.33. The summed E-state index contributed by atoms with van der Waals surface area (Å²) in [7, 11) is -3.48. The third-order valence-corrected chi connectivity index (χ3v) is 5.87. The van der Waals surface area contributed by atoms with Gasteiger partial charge in [0.15, 0.2) is 0 Å². The molecule has 0 spiro atoms. The van der Waals surface area contributed by atoms with Crippen LogP contribution in [0.5, 0.6) is 0 Å². The molecule has 1 saturated heterocycles. The van der Waals surface area contributed by atoms with E-state index in [0.29, 0.717) is 23.0 Å². The topological polar surface area (TPSA) is 102 Å². The predicted molar refractivity (Wildman–Crippen MR) is 88.7 cm³/mol. The number of hydrogen-bond acceptors (Lipinski definition) is 7. The van der Waals surface area contributed by atoms with E-state index < -0.39 is 15.8 Å². The second-order valence-corrected chi connectivity index (χ2v) is 7.91. The Hall–Kier alpha value is -2.72. The van der Waals surface area contributed by atoms with Gasteiger partial charge in [0.2, 0.25) is 21.7 Å². The molecule has 0 radical (unpaired) electrons. The van der Waals surface area contributed by atoms with E-state index in [2.05, 4.69) is 20.1 Å². The molecule has 1 aromatic carbocycles. The van der Waals surface area contributed by atoms with Crippen LogP contribution in [0.1, 0.15) is 17.4 Å². The van der Waals surface area contributed by atoms with Gasteiger partial charge in [-0.1, -0.05) is 17.3 Å². The molecule has 0 bridgehead atoms. The molecule has 3 aromatic rings. The maximum Gasteiger partial charge on any atom is 0.232 e. The standard InChI is InChI=1S/C16H14FN5O3S/c17-13-3-1-11(2-4-13)10-26(23,24)22-8-12(9-22)16-20-15(21-25-16)14-7-18-5-6-19-14/h1-7,12H,8-10H2. The lowest BCUT2D eigenvalue weighted by Crippen LogP contribution is -2.48. The second kappa shape index (κ2) is 6.54. The van der Waals surface area contributed by atoms with Crippen molar-refractivity contribution in [2.75, 3.05) is 13.1 Å². The number of nitrogens with zero attached hydrogens (tertiary/aromatic N) is 5. The summed E-state index contributed by atoms with van der Waals surface area (Å²) < 4.78 is 44.3. The third-order valence-electron chi connectivity index (χ3n) is 4.09. The van der Waals surface area contributed by atoms with Crippen LogP contribution in [0, 0.1) is 5.82 Å². The predicted octanol–water partition coefficient (Wildman–Crippen LogP) is 1.59. The van der Waals surface area contributed by atoms with Crippen LogP contribution >= 0.6 is 0 Å². The molecule has 0 aliphatic carbocycles. The molecule has 1 aliphatic heterocycles. The quantitative estimate of drug-likeness (QED) is 0.667. The zero-order valence-corrected chi connectivity index (χ0v) is 14.3. The molecule has 3 heterocycles. The van der Waals surface area contributed by atoms with Crippen molar-refractivity contribution in [3.05, 3.63) is 60.1 Å². The summed E-state index contributed by atoms with van der Waals surface area (Å²) in [6, 6.07) is 5.43. The van der Waals surface area contributed by atoms with Crippen LogP contribution in [0.25, 0.3) is 11.5 Å². The van der Waals surface area contributed by atoms with E-state index in [4.69, 9.17) is 4.52 Å². The Morgan fingerprint density at radius 2 is 1.96 bits per heavy atom. The highest BCUT2D eigenvalue weighted by molar-refractivity contribution is 7.88. The van der Waals surface area contributed by atoms with Gasteiger partial charge in [0.25, 0.3) is 0 Å². The molecule has 2 aromatic heterocycles. The highest BCUT2D eigenvalue weighted by Gasteiger charge is 2.39. The van der Waals surface area contributed by atoms with E-state index in [-0.39, 0.29) is 24.8 Å². The fraction of sp³-hybridized carbons (Fsp3) is 0.250. The fourth-order valence-corrected chi connectivity index (χ4v) is 4.23.